The van der Waals surface area contributed by atoms with Crippen LogP contribution in [0, 0.1) is 0 Å². The molecule has 0 saturated carbocycles. The molecular formula is C24H30NO2P. The van der Waals surface area contributed by atoms with Gasteiger partial charge in [-0.25, -0.2) is 0 Å². The highest BCUT2D eigenvalue weighted by molar-refractivity contribution is 7.17. The first-order valence-corrected chi connectivity index (χ1v) is 10.2. The number of hydrogen-bond acceptors (Lipinski definition) is 2. The van der Waals surface area contributed by atoms with Crippen molar-refractivity contribution in [2.75, 3.05) is 13.2 Å². The average molecular weight is 395 g/mol. The highest BCUT2D eigenvalue weighted by Crippen LogP contribution is 2.28. The largest absolute Gasteiger partial charge is 0.493 e. The highest BCUT2D eigenvalue weighted by atomic mass is 31.0. The van der Waals surface area contributed by atoms with Crippen LogP contribution < -0.4 is 0 Å². The molecule has 0 saturated heterocycles. The Bertz CT molecular complexity index is 829. The van der Waals surface area contributed by atoms with E-state index in [2.05, 4.69) is 46.7 Å². The molecule has 2 unspecified atom stereocenters. The molecule has 1 aliphatic rings. The fourth-order valence-corrected chi connectivity index (χ4v) is 3.24. The third-order valence-electron chi connectivity index (χ3n) is 4.54. The van der Waals surface area contributed by atoms with E-state index in [9.17, 15) is 4.79 Å². The Morgan fingerprint density at radius 3 is 2.54 bits per heavy atom. The third kappa shape index (κ3) is 5.33. The van der Waals surface area contributed by atoms with Crippen molar-refractivity contribution in [1.29, 1.82) is 0 Å². The smallest absolute Gasteiger partial charge is 0.258 e. The van der Waals surface area contributed by atoms with Crippen LogP contribution in [-0.2, 0) is 16.1 Å². The second kappa shape index (κ2) is 10.2. The lowest BCUT2D eigenvalue weighted by Crippen LogP contribution is -2.27. The summed E-state index contributed by atoms with van der Waals surface area (Å²) in [5.41, 5.74) is 5.14. The SMILES string of the molecule is C=C/C(=C\C)c1ccc(CN2CC(/C=C\C)=C(C(=C)OCC(C)P)C2=O)cc1. The fourth-order valence-electron chi connectivity index (χ4n) is 3.14. The van der Waals surface area contributed by atoms with Gasteiger partial charge in [-0.1, -0.05) is 68.7 Å². The zero-order valence-electron chi connectivity index (χ0n) is 17.1. The van der Waals surface area contributed by atoms with Gasteiger partial charge in [0.2, 0.25) is 0 Å². The molecular weight excluding hydrogens is 365 g/mol. The number of carbonyl (C=O) groups is 1. The molecule has 0 spiro atoms. The standard InChI is InChI=1S/C24H30NO2P/c1-6-9-22-15-25(24(26)23(22)18(5)27-16-17(4)28)14-19-10-12-21(13-11-19)20(7-2)8-3/h6-13,17H,2,5,14-16,28H2,1,3-4H3/b9-6-,20-8+. The predicted octanol–water partition coefficient (Wildman–Crippen LogP) is 5.28. The Morgan fingerprint density at radius 1 is 1.32 bits per heavy atom. The topological polar surface area (TPSA) is 29.5 Å². The Hall–Kier alpha value is -2.38. The number of allylic oxidation sites excluding steroid dienone is 4. The second-order valence-electron chi connectivity index (χ2n) is 6.92. The van der Waals surface area contributed by atoms with Crippen LogP contribution in [0.25, 0.3) is 5.57 Å². The zero-order chi connectivity index (χ0) is 20.7. The van der Waals surface area contributed by atoms with Crippen LogP contribution in [0.4, 0.5) is 0 Å². The summed E-state index contributed by atoms with van der Waals surface area (Å²) in [5.74, 6) is 0.424. The van der Waals surface area contributed by atoms with Gasteiger partial charge in [0.05, 0.1) is 12.2 Å². The van der Waals surface area contributed by atoms with Gasteiger partial charge in [-0.3, -0.25) is 4.79 Å². The second-order valence-corrected chi connectivity index (χ2v) is 8.06. The van der Waals surface area contributed by atoms with Crippen molar-refractivity contribution in [3.05, 3.63) is 89.8 Å². The summed E-state index contributed by atoms with van der Waals surface area (Å²) in [6.45, 7) is 15.5. The Labute approximate surface area is 171 Å². The van der Waals surface area contributed by atoms with Gasteiger partial charge < -0.3 is 9.64 Å². The Kier molecular flexibility index (Phi) is 8.02. The number of carbonyl (C=O) groups excluding carboxylic acids is 1. The number of rotatable bonds is 9. The molecule has 1 aromatic rings. The van der Waals surface area contributed by atoms with Crippen molar-refractivity contribution in [3.63, 3.8) is 0 Å². The molecule has 2 rings (SSSR count). The van der Waals surface area contributed by atoms with Crippen LogP contribution in [-0.4, -0.2) is 29.6 Å². The van der Waals surface area contributed by atoms with E-state index in [0.29, 0.717) is 36.7 Å². The highest BCUT2D eigenvalue weighted by Gasteiger charge is 2.31. The van der Waals surface area contributed by atoms with Crippen LogP contribution in [0.5, 0.6) is 0 Å². The minimum absolute atomic E-state index is 0.0289. The van der Waals surface area contributed by atoms with E-state index in [-0.39, 0.29) is 5.91 Å². The molecule has 0 N–H and O–H groups in total. The molecule has 1 amide bonds. The van der Waals surface area contributed by atoms with Gasteiger partial charge in [0.1, 0.15) is 5.76 Å². The summed E-state index contributed by atoms with van der Waals surface area (Å²) in [4.78, 5) is 14.9. The van der Waals surface area contributed by atoms with E-state index < -0.39 is 0 Å². The number of hydrogen-bond donors (Lipinski definition) is 0. The molecule has 4 heteroatoms. The van der Waals surface area contributed by atoms with Crippen LogP contribution in [0.1, 0.15) is 31.9 Å². The summed E-state index contributed by atoms with van der Waals surface area (Å²) in [6, 6.07) is 8.25. The molecule has 148 valence electrons. The van der Waals surface area contributed by atoms with Crippen molar-refractivity contribution >= 4 is 20.7 Å². The molecule has 1 aliphatic heterocycles. The van der Waals surface area contributed by atoms with E-state index in [0.717, 1.165) is 22.3 Å². The van der Waals surface area contributed by atoms with Gasteiger partial charge in [0.15, 0.2) is 0 Å². The molecule has 0 bridgehead atoms. The Balaban J connectivity index is 2.15. The molecule has 0 fully saturated rings. The van der Waals surface area contributed by atoms with Crippen molar-refractivity contribution < 1.29 is 9.53 Å². The maximum atomic E-state index is 13.0. The summed E-state index contributed by atoms with van der Waals surface area (Å²) in [7, 11) is 2.69. The van der Waals surface area contributed by atoms with Gasteiger partial charge in [-0.05, 0) is 36.1 Å². The molecule has 1 heterocycles. The van der Waals surface area contributed by atoms with E-state index in [1.165, 1.54) is 0 Å². The normalized spacial score (nSPS) is 16.1. The van der Waals surface area contributed by atoms with E-state index in [1.807, 2.05) is 50.0 Å². The van der Waals surface area contributed by atoms with Gasteiger partial charge in [0.25, 0.3) is 5.91 Å². The number of nitrogens with zero attached hydrogens (tertiary/aromatic N) is 1. The van der Waals surface area contributed by atoms with Crippen molar-refractivity contribution in [3.8, 4) is 0 Å². The van der Waals surface area contributed by atoms with Crippen molar-refractivity contribution in [1.82, 2.24) is 4.90 Å². The van der Waals surface area contributed by atoms with Crippen LogP contribution >= 0.6 is 9.24 Å². The number of amides is 1. The molecule has 0 aliphatic carbocycles. The zero-order valence-corrected chi connectivity index (χ0v) is 18.2. The predicted molar refractivity (Wildman–Crippen MR) is 122 cm³/mol. The van der Waals surface area contributed by atoms with Crippen LogP contribution in [0.15, 0.2) is 78.6 Å². The van der Waals surface area contributed by atoms with Gasteiger partial charge in [0, 0.05) is 18.7 Å². The van der Waals surface area contributed by atoms with Crippen LogP contribution in [0.3, 0.4) is 0 Å². The average Bonchev–Trinajstić information content (AvgIpc) is 2.97. The number of benzene rings is 1. The maximum absolute atomic E-state index is 13.0. The Morgan fingerprint density at radius 2 is 2.00 bits per heavy atom. The number of ether oxygens (including phenoxy) is 1. The van der Waals surface area contributed by atoms with Gasteiger partial charge in [-0.2, -0.15) is 0 Å². The molecule has 0 radical (unpaired) electrons. The summed E-state index contributed by atoms with van der Waals surface area (Å²) >= 11 is 0. The van der Waals surface area contributed by atoms with Gasteiger partial charge in [-0.15, -0.1) is 9.24 Å². The molecule has 2 atom stereocenters. The lowest BCUT2D eigenvalue weighted by molar-refractivity contribution is -0.126. The van der Waals surface area contributed by atoms with Crippen LogP contribution in [0.2, 0.25) is 0 Å². The third-order valence-corrected chi connectivity index (χ3v) is 4.73. The summed E-state index contributed by atoms with van der Waals surface area (Å²) < 4.78 is 5.73. The first-order valence-electron chi connectivity index (χ1n) is 9.52. The van der Waals surface area contributed by atoms with Crippen molar-refractivity contribution in [2.24, 2.45) is 0 Å². The molecule has 3 nitrogen and oxygen atoms in total. The first-order chi connectivity index (χ1) is 13.4. The lowest BCUT2D eigenvalue weighted by atomic mass is 10.0. The summed E-state index contributed by atoms with van der Waals surface area (Å²) in [5, 5.41) is 0. The first kappa shape index (κ1) is 21.9. The van der Waals surface area contributed by atoms with E-state index in [1.54, 1.807) is 0 Å². The van der Waals surface area contributed by atoms with E-state index >= 15 is 0 Å². The quantitative estimate of drug-likeness (QED) is 0.323. The minimum atomic E-state index is -0.0289. The van der Waals surface area contributed by atoms with Gasteiger partial charge >= 0.3 is 0 Å². The summed E-state index contributed by atoms with van der Waals surface area (Å²) in [6.07, 6.45) is 7.80. The lowest BCUT2D eigenvalue weighted by Gasteiger charge is -2.18. The molecule has 1 aromatic carbocycles. The maximum Gasteiger partial charge on any atom is 0.258 e. The molecule has 0 aromatic heterocycles. The van der Waals surface area contributed by atoms with E-state index in [4.69, 9.17) is 4.74 Å². The minimum Gasteiger partial charge on any atom is -0.493 e. The van der Waals surface area contributed by atoms with Crippen molar-refractivity contribution in [2.45, 2.75) is 33.0 Å². The molecule has 28 heavy (non-hydrogen) atoms. The monoisotopic (exact) mass is 395 g/mol. The fraction of sp³-hybridized carbons (Fsp3) is 0.292.